The fraction of sp³-hybridized carbons (Fsp3) is 0.312. The van der Waals surface area contributed by atoms with Crippen molar-refractivity contribution in [2.45, 2.75) is 37.7 Å². The van der Waals surface area contributed by atoms with Crippen LogP contribution in [-0.4, -0.2) is 38.4 Å². The Morgan fingerprint density at radius 3 is 2.35 bits per heavy atom. The summed E-state index contributed by atoms with van der Waals surface area (Å²) in [6, 6.07) is 33.5. The predicted octanol–water partition coefficient (Wildman–Crippen LogP) is 5.43. The van der Waals surface area contributed by atoms with E-state index in [-0.39, 0.29) is 18.1 Å². The number of hydrogen-bond donors (Lipinski definition) is 2. The Kier molecular flexibility index (Phi) is 8.82. The molecule has 0 bridgehead atoms. The first kappa shape index (κ1) is 25.4. The molecule has 4 aromatic carbocycles. The fourth-order valence-corrected chi connectivity index (χ4v) is 4.98. The lowest BCUT2D eigenvalue weighted by Crippen LogP contribution is -2.53. The fourth-order valence-electron chi connectivity index (χ4n) is 4.98. The van der Waals surface area contributed by atoms with E-state index in [9.17, 15) is 0 Å². The normalized spacial score (nSPS) is 19.6. The minimum absolute atomic E-state index is 0.00347. The van der Waals surface area contributed by atoms with E-state index in [4.69, 9.17) is 19.9 Å². The lowest BCUT2D eigenvalue weighted by atomic mass is 9.84. The van der Waals surface area contributed by atoms with E-state index >= 15 is 0 Å². The number of fused-ring (bicyclic) bond motifs is 1. The molecule has 37 heavy (non-hydrogen) atoms. The number of hydrogen-bond acceptors (Lipinski definition) is 5. The maximum Gasteiger partial charge on any atom is 0.119 e. The lowest BCUT2D eigenvalue weighted by molar-refractivity contribution is 0.00535. The van der Waals surface area contributed by atoms with Gasteiger partial charge in [-0.3, -0.25) is 0 Å². The predicted molar refractivity (Wildman–Crippen MR) is 149 cm³/mol. The molecule has 5 rings (SSSR count). The van der Waals surface area contributed by atoms with Gasteiger partial charge in [0.2, 0.25) is 0 Å². The summed E-state index contributed by atoms with van der Waals surface area (Å²) in [4.78, 5) is 0. The first-order valence-corrected chi connectivity index (χ1v) is 13.2. The standard InChI is InChI=1S/C32H36N2O3/c33-30-20-34-21-31(37-23-25-11-12-26-9-4-5-10-28(26)19-25)32(30)27-13-15-29(16-14-27)36-18-6-17-35-22-24-7-2-1-3-8-24/h1-5,7-16,19,30-32,34H,6,17-18,20-23,33H2. The van der Waals surface area contributed by atoms with Crippen molar-refractivity contribution in [1.82, 2.24) is 5.32 Å². The van der Waals surface area contributed by atoms with Crippen LogP contribution in [0.2, 0.25) is 0 Å². The van der Waals surface area contributed by atoms with Gasteiger partial charge >= 0.3 is 0 Å². The molecule has 4 aromatic rings. The number of piperidine rings is 1. The van der Waals surface area contributed by atoms with E-state index in [2.05, 4.69) is 72.0 Å². The summed E-state index contributed by atoms with van der Waals surface area (Å²) in [5, 5.41) is 5.91. The van der Waals surface area contributed by atoms with Crippen molar-refractivity contribution in [2.24, 2.45) is 5.73 Å². The van der Waals surface area contributed by atoms with Crippen LogP contribution in [0.1, 0.15) is 29.0 Å². The average Bonchev–Trinajstić information content (AvgIpc) is 2.95. The van der Waals surface area contributed by atoms with Crippen molar-refractivity contribution in [3.63, 3.8) is 0 Å². The highest BCUT2D eigenvalue weighted by Gasteiger charge is 2.33. The van der Waals surface area contributed by atoms with Gasteiger partial charge in [0.25, 0.3) is 0 Å². The quantitative estimate of drug-likeness (QED) is 0.271. The highest BCUT2D eigenvalue weighted by molar-refractivity contribution is 5.82. The van der Waals surface area contributed by atoms with Gasteiger partial charge in [-0.25, -0.2) is 0 Å². The van der Waals surface area contributed by atoms with Gasteiger partial charge in [-0.2, -0.15) is 0 Å². The van der Waals surface area contributed by atoms with E-state index in [0.717, 1.165) is 25.3 Å². The Hall–Kier alpha value is -3.22. The third kappa shape index (κ3) is 6.96. The minimum atomic E-state index is -0.0103. The second kappa shape index (κ2) is 12.8. The molecule has 0 aromatic heterocycles. The van der Waals surface area contributed by atoms with Crippen LogP contribution >= 0.6 is 0 Å². The van der Waals surface area contributed by atoms with Crippen molar-refractivity contribution in [1.29, 1.82) is 0 Å². The first-order valence-electron chi connectivity index (χ1n) is 13.2. The molecule has 0 amide bonds. The Labute approximate surface area is 219 Å². The minimum Gasteiger partial charge on any atom is -0.494 e. The molecule has 5 heteroatoms. The SMILES string of the molecule is NC1CNCC(OCc2ccc3ccccc3c2)C1c1ccc(OCCCOCc2ccccc2)cc1. The zero-order valence-corrected chi connectivity index (χ0v) is 21.2. The number of nitrogens with one attached hydrogen (secondary N) is 1. The molecule has 3 unspecified atom stereocenters. The van der Waals surface area contributed by atoms with E-state index in [1.54, 1.807) is 0 Å². The molecule has 3 N–H and O–H groups in total. The molecule has 1 aliphatic heterocycles. The number of rotatable bonds is 11. The second-order valence-corrected chi connectivity index (χ2v) is 9.69. The van der Waals surface area contributed by atoms with Gasteiger partial charge in [-0.15, -0.1) is 0 Å². The summed E-state index contributed by atoms with van der Waals surface area (Å²) >= 11 is 0. The molecule has 5 nitrogen and oxygen atoms in total. The Morgan fingerprint density at radius 1 is 0.730 bits per heavy atom. The maximum absolute atomic E-state index is 6.56. The molecular formula is C32H36N2O3. The van der Waals surface area contributed by atoms with Gasteiger partial charge in [0.1, 0.15) is 5.75 Å². The molecule has 0 radical (unpaired) electrons. The molecule has 0 aliphatic carbocycles. The third-order valence-electron chi connectivity index (χ3n) is 6.94. The van der Waals surface area contributed by atoms with Crippen molar-refractivity contribution < 1.29 is 14.2 Å². The van der Waals surface area contributed by atoms with Crippen LogP contribution in [0.4, 0.5) is 0 Å². The van der Waals surface area contributed by atoms with E-state index < -0.39 is 0 Å². The van der Waals surface area contributed by atoms with Crippen LogP contribution in [0, 0.1) is 0 Å². The zero-order chi connectivity index (χ0) is 25.3. The highest BCUT2D eigenvalue weighted by atomic mass is 16.5. The number of ether oxygens (including phenoxy) is 3. The van der Waals surface area contributed by atoms with E-state index in [0.29, 0.717) is 26.4 Å². The molecule has 192 valence electrons. The average molecular weight is 497 g/mol. The first-order chi connectivity index (χ1) is 18.3. The lowest BCUT2D eigenvalue weighted by Gasteiger charge is -2.37. The monoisotopic (exact) mass is 496 g/mol. The van der Waals surface area contributed by atoms with Gasteiger partial charge in [-0.05, 0) is 45.7 Å². The van der Waals surface area contributed by atoms with Crippen molar-refractivity contribution in [3.05, 3.63) is 114 Å². The summed E-state index contributed by atoms with van der Waals surface area (Å²) in [6.07, 6.45) is 0.849. The van der Waals surface area contributed by atoms with Gasteiger partial charge in [0.15, 0.2) is 0 Å². The smallest absolute Gasteiger partial charge is 0.119 e. The van der Waals surface area contributed by atoms with Crippen LogP contribution < -0.4 is 15.8 Å². The summed E-state index contributed by atoms with van der Waals surface area (Å²) in [5.41, 5.74) is 10.1. The maximum atomic E-state index is 6.56. The number of nitrogens with two attached hydrogens (primary N) is 1. The Morgan fingerprint density at radius 2 is 1.51 bits per heavy atom. The largest absolute Gasteiger partial charge is 0.494 e. The van der Waals surface area contributed by atoms with Gasteiger partial charge < -0.3 is 25.3 Å². The van der Waals surface area contributed by atoms with Crippen LogP contribution in [0.5, 0.6) is 5.75 Å². The van der Waals surface area contributed by atoms with E-state index in [1.807, 2.05) is 30.3 Å². The number of benzene rings is 4. The van der Waals surface area contributed by atoms with Gasteiger partial charge in [-0.1, -0.05) is 78.9 Å². The molecule has 1 aliphatic rings. The molecule has 1 fully saturated rings. The van der Waals surface area contributed by atoms with E-state index in [1.165, 1.54) is 27.5 Å². The van der Waals surface area contributed by atoms with Crippen molar-refractivity contribution >= 4 is 10.8 Å². The summed E-state index contributed by atoms with van der Waals surface area (Å²) in [7, 11) is 0. The highest BCUT2D eigenvalue weighted by Crippen LogP contribution is 2.29. The summed E-state index contributed by atoms with van der Waals surface area (Å²) < 4.78 is 18.1. The summed E-state index contributed by atoms with van der Waals surface area (Å²) in [6.45, 7) is 4.06. The zero-order valence-electron chi connectivity index (χ0n) is 21.2. The van der Waals surface area contributed by atoms with Crippen molar-refractivity contribution in [2.75, 3.05) is 26.3 Å². The molecule has 1 saturated heterocycles. The van der Waals surface area contributed by atoms with Gasteiger partial charge in [0.05, 0.1) is 32.5 Å². The third-order valence-corrected chi connectivity index (χ3v) is 6.94. The van der Waals surface area contributed by atoms with Crippen LogP contribution in [-0.2, 0) is 22.7 Å². The van der Waals surface area contributed by atoms with Crippen LogP contribution in [0.3, 0.4) is 0 Å². The molecule has 0 saturated carbocycles. The molecule has 0 spiro atoms. The Bertz CT molecular complexity index is 1250. The second-order valence-electron chi connectivity index (χ2n) is 9.69. The van der Waals surface area contributed by atoms with Gasteiger partial charge in [0, 0.05) is 31.5 Å². The molecule has 3 atom stereocenters. The topological polar surface area (TPSA) is 65.7 Å². The summed E-state index contributed by atoms with van der Waals surface area (Å²) in [5.74, 6) is 0.991. The van der Waals surface area contributed by atoms with Crippen molar-refractivity contribution in [3.8, 4) is 5.75 Å². The Balaban J connectivity index is 1.12. The van der Waals surface area contributed by atoms with Crippen LogP contribution in [0.15, 0.2) is 97.1 Å². The van der Waals surface area contributed by atoms with Crippen LogP contribution in [0.25, 0.3) is 10.8 Å². The molecular weight excluding hydrogens is 460 g/mol. The molecule has 1 heterocycles.